The molecule has 4 heterocycles. The van der Waals surface area contributed by atoms with Gasteiger partial charge in [-0.1, -0.05) is 21.8 Å². The van der Waals surface area contributed by atoms with Crippen molar-refractivity contribution in [3.8, 4) is 0 Å². The van der Waals surface area contributed by atoms with Gasteiger partial charge in [-0.2, -0.15) is 0 Å². The van der Waals surface area contributed by atoms with Crippen LogP contribution in [0.1, 0.15) is 28.2 Å². The lowest BCUT2D eigenvalue weighted by atomic mass is 10.2. The molecule has 17 nitrogen and oxygen atoms in total. The fourth-order valence-corrected chi connectivity index (χ4v) is 6.04. The van der Waals surface area contributed by atoms with Gasteiger partial charge < -0.3 is 24.4 Å². The van der Waals surface area contributed by atoms with Crippen molar-refractivity contribution >= 4 is 34.9 Å². The van der Waals surface area contributed by atoms with E-state index in [1.807, 2.05) is 6.92 Å². The maximum Gasteiger partial charge on any atom is 0.411 e. The summed E-state index contributed by atoms with van der Waals surface area (Å²) >= 11 is 0. The van der Waals surface area contributed by atoms with Crippen molar-refractivity contribution < 1.29 is 34.0 Å². The minimum Gasteiger partial charge on any atom is -0.444 e. The van der Waals surface area contributed by atoms with Crippen LogP contribution >= 0.6 is 0 Å². The molecule has 50 heavy (non-hydrogen) atoms. The second-order valence-corrected chi connectivity index (χ2v) is 12.1. The Kier molecular flexibility index (Phi) is 14.5. The first-order valence-corrected chi connectivity index (χ1v) is 16.1. The number of anilines is 2. The van der Waals surface area contributed by atoms with E-state index in [9.17, 15) is 29.8 Å². The number of amides is 2. The van der Waals surface area contributed by atoms with Crippen LogP contribution < -0.4 is 9.80 Å². The zero-order chi connectivity index (χ0) is 34.2. The summed E-state index contributed by atoms with van der Waals surface area (Å²) in [6.07, 6.45) is -0.180. The lowest BCUT2D eigenvalue weighted by Gasteiger charge is -2.37. The minimum absolute atomic E-state index is 0. The zero-order valence-electron chi connectivity index (χ0n) is 27.0. The van der Waals surface area contributed by atoms with Gasteiger partial charge in [0.2, 0.25) is 0 Å². The van der Waals surface area contributed by atoms with Crippen molar-refractivity contribution in [3.63, 3.8) is 0 Å². The molecule has 0 radical (unpaired) electrons. The van der Waals surface area contributed by atoms with Crippen LogP contribution in [0.15, 0.2) is 48.5 Å². The SMILES string of the molecule is C.C.CC[C@H]1CN(CN2CCN(c3ccc([N+](=O)[O-])cc3)CC2)C(=O)O1.O=C1O[C@@H](CO)CN1CN1CCN(c2ccc([N+](=O)[O-])cc2)CC1. The summed E-state index contributed by atoms with van der Waals surface area (Å²) in [6, 6.07) is 13.2. The molecule has 276 valence electrons. The third-order valence-corrected chi connectivity index (χ3v) is 8.90. The van der Waals surface area contributed by atoms with Crippen molar-refractivity contribution in [2.24, 2.45) is 0 Å². The number of carbonyl (C=O) groups is 2. The number of cyclic esters (lactones) is 2. The second-order valence-electron chi connectivity index (χ2n) is 12.1. The molecule has 0 spiro atoms. The lowest BCUT2D eigenvalue weighted by molar-refractivity contribution is -0.385. The van der Waals surface area contributed by atoms with E-state index in [-0.39, 0.29) is 56.0 Å². The number of aliphatic hydroxyl groups is 1. The number of aliphatic hydroxyl groups excluding tert-OH is 1. The van der Waals surface area contributed by atoms with Gasteiger partial charge in [-0.3, -0.25) is 39.8 Å². The van der Waals surface area contributed by atoms with E-state index in [0.717, 1.165) is 70.2 Å². The van der Waals surface area contributed by atoms with Gasteiger partial charge >= 0.3 is 12.2 Å². The highest BCUT2D eigenvalue weighted by Gasteiger charge is 2.33. The number of piperazine rings is 2. The van der Waals surface area contributed by atoms with Crippen molar-refractivity contribution in [3.05, 3.63) is 68.8 Å². The van der Waals surface area contributed by atoms with E-state index in [2.05, 4.69) is 19.6 Å². The fourth-order valence-electron chi connectivity index (χ4n) is 6.04. The molecule has 4 saturated heterocycles. The Morgan fingerprint density at radius 2 is 1.02 bits per heavy atom. The van der Waals surface area contributed by atoms with E-state index in [0.29, 0.717) is 26.4 Å². The van der Waals surface area contributed by atoms with Crippen molar-refractivity contribution in [1.29, 1.82) is 0 Å². The largest absolute Gasteiger partial charge is 0.444 e. The molecule has 17 heteroatoms. The second kappa shape index (κ2) is 18.3. The van der Waals surface area contributed by atoms with Crippen LogP contribution in [-0.4, -0.2) is 144 Å². The molecule has 0 aromatic heterocycles. The topological polar surface area (TPSA) is 179 Å². The summed E-state index contributed by atoms with van der Waals surface area (Å²) in [4.78, 5) is 56.2. The van der Waals surface area contributed by atoms with E-state index in [4.69, 9.17) is 14.6 Å². The molecule has 4 aliphatic rings. The first-order chi connectivity index (χ1) is 23.1. The molecule has 4 fully saturated rings. The first-order valence-electron chi connectivity index (χ1n) is 16.1. The number of benzene rings is 2. The van der Waals surface area contributed by atoms with Gasteiger partial charge in [-0.05, 0) is 30.7 Å². The Balaban J connectivity index is 0.000000260. The van der Waals surface area contributed by atoms with Crippen LogP contribution in [0.5, 0.6) is 0 Å². The van der Waals surface area contributed by atoms with Crippen LogP contribution in [0.25, 0.3) is 0 Å². The number of nitro benzene ring substituents is 2. The molecule has 2 aromatic carbocycles. The number of ether oxygens (including phenoxy) is 2. The van der Waals surface area contributed by atoms with Crippen molar-refractivity contribution in [1.82, 2.24) is 19.6 Å². The molecule has 2 atom stereocenters. The summed E-state index contributed by atoms with van der Waals surface area (Å²) in [7, 11) is 0. The Morgan fingerprint density at radius 3 is 1.32 bits per heavy atom. The maximum absolute atomic E-state index is 11.8. The molecule has 4 aliphatic heterocycles. The number of hydrogen-bond acceptors (Lipinski definition) is 13. The predicted octanol–water partition coefficient (Wildman–Crippen LogP) is 3.66. The number of non-ortho nitro benzene ring substituents is 2. The van der Waals surface area contributed by atoms with E-state index in [1.54, 1.807) is 34.1 Å². The quantitative estimate of drug-likeness (QED) is 0.280. The third-order valence-electron chi connectivity index (χ3n) is 8.90. The highest BCUT2D eigenvalue weighted by Crippen LogP contribution is 2.23. The summed E-state index contributed by atoms with van der Waals surface area (Å²) in [5.74, 6) is 0. The number of carbonyl (C=O) groups excluding carboxylic acids is 2. The fraction of sp³-hybridized carbons (Fsp3) is 0.576. The van der Waals surface area contributed by atoms with Gasteiger partial charge in [0.05, 0.1) is 42.9 Å². The average Bonchev–Trinajstić information content (AvgIpc) is 3.65. The van der Waals surface area contributed by atoms with Crippen LogP contribution in [-0.2, 0) is 9.47 Å². The molecule has 0 bridgehead atoms. The number of nitrogens with zero attached hydrogens (tertiary/aromatic N) is 8. The van der Waals surface area contributed by atoms with Crippen molar-refractivity contribution in [2.45, 2.75) is 40.4 Å². The van der Waals surface area contributed by atoms with Crippen LogP contribution in [0.2, 0.25) is 0 Å². The summed E-state index contributed by atoms with van der Waals surface area (Å²) in [5, 5.41) is 30.5. The van der Waals surface area contributed by atoms with Gasteiger partial charge in [0, 0.05) is 88.0 Å². The molecule has 1 N–H and O–H groups in total. The van der Waals surface area contributed by atoms with Gasteiger partial charge in [-0.25, -0.2) is 9.59 Å². The zero-order valence-corrected chi connectivity index (χ0v) is 27.0. The van der Waals surface area contributed by atoms with Crippen LogP contribution in [0, 0.1) is 20.2 Å². The summed E-state index contributed by atoms with van der Waals surface area (Å²) in [5.41, 5.74) is 2.15. The van der Waals surface area contributed by atoms with E-state index < -0.39 is 11.0 Å². The highest BCUT2D eigenvalue weighted by molar-refractivity contribution is 5.70. The minimum atomic E-state index is -0.432. The number of nitro groups is 2. The van der Waals surface area contributed by atoms with Gasteiger partial charge in [0.25, 0.3) is 11.4 Å². The molecular formula is C33H50N8O9. The Labute approximate surface area is 292 Å². The average molecular weight is 703 g/mol. The first kappa shape index (κ1) is 39.7. The lowest BCUT2D eigenvalue weighted by Crippen LogP contribution is -2.50. The third kappa shape index (κ3) is 10.1. The predicted molar refractivity (Wildman–Crippen MR) is 188 cm³/mol. The van der Waals surface area contributed by atoms with Crippen LogP contribution in [0.4, 0.5) is 32.3 Å². The smallest absolute Gasteiger partial charge is 0.411 e. The molecule has 2 aromatic rings. The van der Waals surface area contributed by atoms with Gasteiger partial charge in [0.15, 0.2) is 0 Å². The molecule has 0 saturated carbocycles. The van der Waals surface area contributed by atoms with Gasteiger partial charge in [0.1, 0.15) is 12.2 Å². The normalized spacial score (nSPS) is 21.0. The summed E-state index contributed by atoms with van der Waals surface area (Å²) < 4.78 is 10.3. The van der Waals surface area contributed by atoms with E-state index >= 15 is 0 Å². The standard InChI is InChI=1S/C16H22N4O4.C15H20N4O5.2CH4/c1-2-15-11-19(16(21)24-15)12-17-7-9-18(10-8-17)13-3-5-14(6-4-13)20(22)23;20-10-14-9-18(15(21)24-14)11-16-5-7-17(8-6-16)12-1-3-13(4-2-12)19(22)23;;/h3-6,15H,2,7-12H2,1H3;1-4,14,20H,5-11H2;2*1H4/t15-;14-;;/m01../s1. The number of rotatable bonds is 10. The highest BCUT2D eigenvalue weighted by atomic mass is 16.6. The molecule has 2 amide bonds. The monoisotopic (exact) mass is 702 g/mol. The van der Waals surface area contributed by atoms with Gasteiger partial charge in [-0.15, -0.1) is 0 Å². The molecule has 6 rings (SSSR count). The Hall–Kier alpha value is -4.74. The summed E-state index contributed by atoms with van der Waals surface area (Å²) in [6.45, 7) is 10.5. The molecular weight excluding hydrogens is 652 g/mol. The maximum atomic E-state index is 11.8. The number of hydrogen-bond donors (Lipinski definition) is 1. The molecule has 0 aliphatic carbocycles. The Bertz CT molecular complexity index is 1310. The van der Waals surface area contributed by atoms with E-state index in [1.165, 1.54) is 24.3 Å². The van der Waals surface area contributed by atoms with Crippen molar-refractivity contribution in [2.75, 3.05) is 95.2 Å². The van der Waals surface area contributed by atoms with Crippen LogP contribution in [0.3, 0.4) is 0 Å². The molecule has 0 unspecified atom stereocenters. The Morgan fingerprint density at radius 1 is 0.660 bits per heavy atom.